The van der Waals surface area contributed by atoms with Gasteiger partial charge in [-0.15, -0.1) is 0 Å². The molecule has 0 N–H and O–H groups in total. The molecule has 3 aromatic rings. The molecule has 1 aromatic heterocycles. The zero-order valence-corrected chi connectivity index (χ0v) is 17.6. The number of hydrogen-bond acceptors (Lipinski definition) is 4. The Labute approximate surface area is 179 Å². The van der Waals surface area contributed by atoms with Gasteiger partial charge in [0.1, 0.15) is 0 Å². The highest BCUT2D eigenvalue weighted by molar-refractivity contribution is 6.31. The van der Waals surface area contributed by atoms with Crippen molar-refractivity contribution in [1.29, 1.82) is 0 Å². The van der Waals surface area contributed by atoms with Gasteiger partial charge < -0.3 is 9.32 Å². The van der Waals surface area contributed by atoms with Crippen molar-refractivity contribution in [3.8, 4) is 0 Å². The third kappa shape index (κ3) is 3.34. The molecule has 2 aliphatic heterocycles. The van der Waals surface area contributed by atoms with Crippen LogP contribution in [0.15, 0.2) is 51.7 Å². The van der Waals surface area contributed by atoms with Gasteiger partial charge in [0.2, 0.25) is 5.91 Å². The fourth-order valence-electron chi connectivity index (χ4n) is 4.90. The van der Waals surface area contributed by atoms with Crippen molar-refractivity contribution in [2.45, 2.75) is 38.3 Å². The first kappa shape index (κ1) is 19.4. The number of carbonyl (C=O) groups is 1. The van der Waals surface area contributed by atoms with E-state index in [1.807, 2.05) is 23.1 Å². The highest BCUT2D eigenvalue weighted by atomic mass is 35.5. The number of para-hydroxylation sites is 1. The predicted octanol–water partition coefficient (Wildman–Crippen LogP) is 3.86. The second kappa shape index (κ2) is 7.60. The van der Waals surface area contributed by atoms with Crippen molar-refractivity contribution in [3.05, 3.63) is 63.6 Å². The number of benzene rings is 2. The SMILES string of the molecule is C[C@H]1Cc2ccccc2N1C(=O)CN1CCC(n2c(=O)oc3ccc(Cl)cc32)CC1. The van der Waals surface area contributed by atoms with E-state index in [1.165, 1.54) is 5.56 Å². The van der Waals surface area contributed by atoms with Crippen LogP contribution in [0.4, 0.5) is 5.69 Å². The second-order valence-corrected chi connectivity index (χ2v) is 8.74. The van der Waals surface area contributed by atoms with Crippen molar-refractivity contribution in [1.82, 2.24) is 9.47 Å². The van der Waals surface area contributed by atoms with E-state index in [9.17, 15) is 9.59 Å². The minimum Gasteiger partial charge on any atom is -0.408 e. The Morgan fingerprint density at radius 2 is 1.93 bits per heavy atom. The van der Waals surface area contributed by atoms with Gasteiger partial charge in [-0.25, -0.2) is 4.79 Å². The summed E-state index contributed by atoms with van der Waals surface area (Å²) in [5.74, 6) is -0.201. The van der Waals surface area contributed by atoms with Gasteiger partial charge in [0, 0.05) is 35.9 Å². The lowest BCUT2D eigenvalue weighted by Crippen LogP contribution is -2.46. The fourth-order valence-corrected chi connectivity index (χ4v) is 5.07. The van der Waals surface area contributed by atoms with E-state index in [1.54, 1.807) is 22.8 Å². The number of fused-ring (bicyclic) bond motifs is 2. The minimum atomic E-state index is -0.343. The van der Waals surface area contributed by atoms with Crippen LogP contribution in [0.1, 0.15) is 31.4 Å². The van der Waals surface area contributed by atoms with Crippen LogP contribution in [0.3, 0.4) is 0 Å². The quantitative estimate of drug-likeness (QED) is 0.639. The van der Waals surface area contributed by atoms with Crippen molar-refractivity contribution in [3.63, 3.8) is 0 Å². The van der Waals surface area contributed by atoms with Crippen molar-refractivity contribution < 1.29 is 9.21 Å². The average Bonchev–Trinajstić information content (AvgIpc) is 3.23. The molecule has 30 heavy (non-hydrogen) atoms. The molecule has 0 spiro atoms. The number of carbonyl (C=O) groups excluding carboxylic acids is 1. The number of oxazole rings is 1. The Morgan fingerprint density at radius 1 is 1.17 bits per heavy atom. The van der Waals surface area contributed by atoms with Crippen LogP contribution in [0, 0.1) is 0 Å². The van der Waals surface area contributed by atoms with E-state index >= 15 is 0 Å². The van der Waals surface area contributed by atoms with Crippen LogP contribution in [-0.2, 0) is 11.2 Å². The van der Waals surface area contributed by atoms with Crippen LogP contribution in [0.25, 0.3) is 11.1 Å². The molecular weight excluding hydrogens is 402 g/mol. The highest BCUT2D eigenvalue weighted by Crippen LogP contribution is 2.32. The number of amides is 1. The largest absolute Gasteiger partial charge is 0.420 e. The van der Waals surface area contributed by atoms with Crippen LogP contribution in [0.5, 0.6) is 0 Å². The normalized spacial score (nSPS) is 20.1. The molecular formula is C23H24ClN3O3. The molecule has 1 fully saturated rings. The maximum Gasteiger partial charge on any atom is 0.420 e. The lowest BCUT2D eigenvalue weighted by atomic mass is 10.0. The van der Waals surface area contributed by atoms with Gasteiger partial charge in [0.15, 0.2) is 5.58 Å². The summed E-state index contributed by atoms with van der Waals surface area (Å²) in [6.45, 7) is 4.03. The van der Waals surface area contributed by atoms with Gasteiger partial charge in [0.05, 0.1) is 12.1 Å². The lowest BCUT2D eigenvalue weighted by Gasteiger charge is -2.33. The number of piperidine rings is 1. The number of rotatable bonds is 3. The Morgan fingerprint density at radius 3 is 2.73 bits per heavy atom. The standard InChI is InChI=1S/C23H24ClN3O3/c1-15-12-16-4-2-3-5-19(16)26(15)22(28)14-25-10-8-18(9-11-25)27-20-13-17(24)6-7-21(20)30-23(27)29/h2-7,13,15,18H,8-12,14H2,1H3/t15-/m0/s1. The molecule has 0 unspecified atom stereocenters. The first-order chi connectivity index (χ1) is 14.5. The number of anilines is 1. The topological polar surface area (TPSA) is 58.7 Å². The van der Waals surface area contributed by atoms with Crippen molar-refractivity contribution in [2.24, 2.45) is 0 Å². The first-order valence-electron chi connectivity index (χ1n) is 10.4. The van der Waals surface area contributed by atoms with Gasteiger partial charge >= 0.3 is 5.76 Å². The van der Waals surface area contributed by atoms with E-state index in [4.69, 9.17) is 16.0 Å². The smallest absolute Gasteiger partial charge is 0.408 e. The Kier molecular flexibility index (Phi) is 4.91. The van der Waals surface area contributed by atoms with Gasteiger partial charge in [-0.05, 0) is 56.0 Å². The van der Waals surface area contributed by atoms with Gasteiger partial charge in [-0.3, -0.25) is 14.3 Å². The summed E-state index contributed by atoms with van der Waals surface area (Å²) in [6, 6.07) is 13.6. The van der Waals surface area contributed by atoms with Crippen LogP contribution in [-0.4, -0.2) is 41.1 Å². The molecule has 3 heterocycles. The Balaban J connectivity index is 1.27. The highest BCUT2D eigenvalue weighted by Gasteiger charge is 2.32. The number of nitrogens with zero attached hydrogens (tertiary/aromatic N) is 3. The van der Waals surface area contributed by atoms with E-state index in [2.05, 4.69) is 17.9 Å². The fraction of sp³-hybridized carbons (Fsp3) is 0.391. The van der Waals surface area contributed by atoms with Crippen molar-refractivity contribution in [2.75, 3.05) is 24.5 Å². The summed E-state index contributed by atoms with van der Waals surface area (Å²) < 4.78 is 7.11. The molecule has 0 radical (unpaired) electrons. The van der Waals surface area contributed by atoms with E-state index < -0.39 is 0 Å². The molecule has 1 amide bonds. The summed E-state index contributed by atoms with van der Waals surface area (Å²) >= 11 is 6.12. The van der Waals surface area contributed by atoms with Crippen LogP contribution < -0.4 is 10.7 Å². The third-order valence-electron chi connectivity index (χ3n) is 6.33. The van der Waals surface area contributed by atoms with Gasteiger partial charge in [0.25, 0.3) is 0 Å². The molecule has 1 atom stereocenters. The van der Waals surface area contributed by atoms with Gasteiger partial charge in [-0.2, -0.15) is 0 Å². The predicted molar refractivity (Wildman–Crippen MR) is 117 cm³/mol. The number of hydrogen-bond donors (Lipinski definition) is 0. The molecule has 0 saturated carbocycles. The molecule has 2 aromatic carbocycles. The molecule has 6 nitrogen and oxygen atoms in total. The molecule has 156 valence electrons. The minimum absolute atomic E-state index is 0.0509. The maximum absolute atomic E-state index is 13.1. The van der Waals surface area contributed by atoms with E-state index in [0.29, 0.717) is 17.2 Å². The lowest BCUT2D eigenvalue weighted by molar-refractivity contribution is -0.120. The van der Waals surface area contributed by atoms with Crippen molar-refractivity contribution >= 4 is 34.3 Å². The molecule has 0 bridgehead atoms. The summed E-state index contributed by atoms with van der Waals surface area (Å²) in [5, 5.41) is 0.583. The summed E-state index contributed by atoms with van der Waals surface area (Å²) in [6.07, 6.45) is 2.49. The van der Waals surface area contributed by atoms with E-state index in [-0.39, 0.29) is 23.7 Å². The Bertz CT molecular complexity index is 1160. The van der Waals surface area contributed by atoms with Crippen LogP contribution in [0.2, 0.25) is 5.02 Å². The molecule has 5 rings (SSSR count). The second-order valence-electron chi connectivity index (χ2n) is 8.30. The molecule has 2 aliphatic rings. The number of aromatic nitrogens is 1. The monoisotopic (exact) mass is 425 g/mol. The molecule has 7 heteroatoms. The maximum atomic E-state index is 13.1. The third-order valence-corrected chi connectivity index (χ3v) is 6.57. The first-order valence-corrected chi connectivity index (χ1v) is 10.8. The zero-order chi connectivity index (χ0) is 20.8. The number of halogens is 1. The Hall–Kier alpha value is -2.57. The van der Waals surface area contributed by atoms with Crippen LogP contribution >= 0.6 is 11.6 Å². The van der Waals surface area contributed by atoms with E-state index in [0.717, 1.165) is 43.6 Å². The summed E-state index contributed by atoms with van der Waals surface area (Å²) in [4.78, 5) is 29.6. The summed E-state index contributed by atoms with van der Waals surface area (Å²) in [7, 11) is 0. The molecule has 1 saturated heterocycles. The molecule has 0 aliphatic carbocycles. The summed E-state index contributed by atoms with van der Waals surface area (Å²) in [5.41, 5.74) is 3.58. The average molecular weight is 426 g/mol. The van der Waals surface area contributed by atoms with Gasteiger partial charge in [-0.1, -0.05) is 29.8 Å². The zero-order valence-electron chi connectivity index (χ0n) is 16.9. The number of likely N-dealkylation sites (tertiary alicyclic amines) is 1.